The fourth-order valence-corrected chi connectivity index (χ4v) is 2.76. The van der Waals surface area contributed by atoms with Crippen molar-refractivity contribution in [3.05, 3.63) is 28.7 Å². The van der Waals surface area contributed by atoms with Gasteiger partial charge in [-0.2, -0.15) is 0 Å². The van der Waals surface area contributed by atoms with Crippen LogP contribution in [0.15, 0.2) is 28.7 Å². The van der Waals surface area contributed by atoms with Crippen LogP contribution in [0.4, 0.5) is 5.69 Å². The van der Waals surface area contributed by atoms with Crippen LogP contribution >= 0.6 is 15.9 Å². The molecular weight excluding hydrogens is 276 g/mol. The summed E-state index contributed by atoms with van der Waals surface area (Å²) >= 11 is 3.56. The Morgan fingerprint density at radius 2 is 2.18 bits per heavy atom. The molecule has 1 aliphatic heterocycles. The normalized spacial score (nSPS) is 24.5. The number of nitrogens with one attached hydrogen (secondary N) is 1. The first-order valence-corrected chi connectivity index (χ1v) is 7.05. The zero-order chi connectivity index (χ0) is 12.5. The molecule has 1 fully saturated rings. The summed E-state index contributed by atoms with van der Waals surface area (Å²) in [5.41, 5.74) is 1.46. The van der Waals surface area contributed by atoms with Crippen molar-refractivity contribution in [2.75, 3.05) is 18.0 Å². The van der Waals surface area contributed by atoms with E-state index in [4.69, 9.17) is 0 Å². The molecule has 0 amide bonds. The van der Waals surface area contributed by atoms with Crippen LogP contribution in [0.1, 0.15) is 27.2 Å². The maximum absolute atomic E-state index is 3.60. The van der Waals surface area contributed by atoms with Crippen molar-refractivity contribution in [1.82, 2.24) is 5.32 Å². The van der Waals surface area contributed by atoms with Gasteiger partial charge in [-0.1, -0.05) is 22.0 Å². The molecule has 1 unspecified atom stereocenters. The average molecular weight is 297 g/mol. The Balaban J connectivity index is 2.28. The van der Waals surface area contributed by atoms with Crippen LogP contribution in [0.3, 0.4) is 0 Å². The van der Waals surface area contributed by atoms with E-state index >= 15 is 0 Å². The molecule has 0 aliphatic carbocycles. The summed E-state index contributed by atoms with van der Waals surface area (Å²) in [5, 5.41) is 3.60. The second-order valence-electron chi connectivity index (χ2n) is 5.51. The van der Waals surface area contributed by atoms with Crippen LogP contribution in [0.2, 0.25) is 0 Å². The minimum Gasteiger partial charge on any atom is -0.365 e. The molecular formula is C14H21BrN2. The molecule has 2 nitrogen and oxygen atoms in total. The fraction of sp³-hybridized carbons (Fsp3) is 0.571. The number of hydrogen-bond donors (Lipinski definition) is 1. The Hall–Kier alpha value is -0.540. The van der Waals surface area contributed by atoms with Crippen LogP contribution in [0.25, 0.3) is 0 Å². The first-order valence-electron chi connectivity index (χ1n) is 6.26. The van der Waals surface area contributed by atoms with Crippen molar-refractivity contribution in [3.8, 4) is 0 Å². The third kappa shape index (κ3) is 3.02. The smallest absolute Gasteiger partial charge is 0.0470 e. The van der Waals surface area contributed by atoms with Gasteiger partial charge in [0.1, 0.15) is 0 Å². The molecule has 0 saturated carbocycles. The third-order valence-corrected chi connectivity index (χ3v) is 4.01. The SMILES string of the molecule is CC1CCN(c2cccc(Br)c2)C(C)(C)CN1. The molecule has 0 radical (unpaired) electrons. The fourth-order valence-electron chi connectivity index (χ4n) is 2.37. The number of benzene rings is 1. The maximum Gasteiger partial charge on any atom is 0.0470 e. The van der Waals surface area contributed by atoms with Gasteiger partial charge in [-0.3, -0.25) is 0 Å². The molecule has 0 spiro atoms. The largest absolute Gasteiger partial charge is 0.365 e. The van der Waals surface area contributed by atoms with Crippen molar-refractivity contribution >= 4 is 21.6 Å². The number of rotatable bonds is 1. The van der Waals surface area contributed by atoms with Gasteiger partial charge in [0.05, 0.1) is 0 Å². The Morgan fingerprint density at radius 1 is 1.41 bits per heavy atom. The van der Waals surface area contributed by atoms with Crippen molar-refractivity contribution in [2.24, 2.45) is 0 Å². The topological polar surface area (TPSA) is 15.3 Å². The molecule has 1 N–H and O–H groups in total. The van der Waals surface area contributed by atoms with E-state index in [0.29, 0.717) is 6.04 Å². The van der Waals surface area contributed by atoms with Gasteiger partial charge < -0.3 is 10.2 Å². The van der Waals surface area contributed by atoms with Crippen molar-refractivity contribution in [1.29, 1.82) is 0 Å². The monoisotopic (exact) mass is 296 g/mol. The molecule has 1 heterocycles. The highest BCUT2D eigenvalue weighted by molar-refractivity contribution is 9.10. The van der Waals surface area contributed by atoms with E-state index in [2.05, 4.69) is 71.2 Å². The lowest BCUT2D eigenvalue weighted by atomic mass is 10.0. The lowest BCUT2D eigenvalue weighted by Crippen LogP contribution is -2.49. The standard InChI is InChI=1S/C14H21BrN2/c1-11-7-8-17(14(2,3)10-16-11)13-6-4-5-12(15)9-13/h4-6,9,11,16H,7-8,10H2,1-3H3. The van der Waals surface area contributed by atoms with Crippen molar-refractivity contribution in [3.63, 3.8) is 0 Å². The van der Waals surface area contributed by atoms with E-state index < -0.39 is 0 Å². The third-order valence-electron chi connectivity index (χ3n) is 3.52. The highest BCUT2D eigenvalue weighted by Crippen LogP contribution is 2.28. The summed E-state index contributed by atoms with van der Waals surface area (Å²) in [4.78, 5) is 2.51. The average Bonchev–Trinajstić information content (AvgIpc) is 2.39. The van der Waals surface area contributed by atoms with Crippen molar-refractivity contribution < 1.29 is 0 Å². The lowest BCUT2D eigenvalue weighted by Gasteiger charge is -2.39. The molecule has 1 saturated heterocycles. The summed E-state index contributed by atoms with van der Waals surface area (Å²) in [6.45, 7) is 9.01. The molecule has 17 heavy (non-hydrogen) atoms. The van der Waals surface area contributed by atoms with Gasteiger partial charge in [0.2, 0.25) is 0 Å². The first kappa shape index (κ1) is 12.9. The Labute approximate surface area is 113 Å². The predicted molar refractivity (Wildman–Crippen MR) is 77.6 cm³/mol. The summed E-state index contributed by atoms with van der Waals surface area (Å²) in [7, 11) is 0. The molecule has 1 atom stereocenters. The summed E-state index contributed by atoms with van der Waals surface area (Å²) < 4.78 is 1.15. The van der Waals surface area contributed by atoms with Crippen LogP contribution in [0.5, 0.6) is 0 Å². The molecule has 1 aliphatic rings. The highest BCUT2D eigenvalue weighted by atomic mass is 79.9. The molecule has 0 aromatic heterocycles. The van der Waals surface area contributed by atoms with Crippen LogP contribution < -0.4 is 10.2 Å². The molecule has 1 aromatic carbocycles. The Bertz CT molecular complexity index is 390. The van der Waals surface area contributed by atoms with Crippen molar-refractivity contribution in [2.45, 2.75) is 38.8 Å². The van der Waals surface area contributed by atoms with E-state index in [-0.39, 0.29) is 5.54 Å². The highest BCUT2D eigenvalue weighted by Gasteiger charge is 2.30. The minimum absolute atomic E-state index is 0.158. The second kappa shape index (κ2) is 4.99. The summed E-state index contributed by atoms with van der Waals surface area (Å²) in [6, 6.07) is 9.19. The van der Waals surface area contributed by atoms with Crippen LogP contribution in [-0.2, 0) is 0 Å². The molecule has 2 rings (SSSR count). The van der Waals surface area contributed by atoms with E-state index in [1.54, 1.807) is 0 Å². The van der Waals surface area contributed by atoms with Gasteiger partial charge in [-0.05, 0) is 45.4 Å². The van der Waals surface area contributed by atoms with Gasteiger partial charge in [0.15, 0.2) is 0 Å². The predicted octanol–water partition coefficient (Wildman–Crippen LogP) is 3.42. The molecule has 94 valence electrons. The number of hydrogen-bond acceptors (Lipinski definition) is 2. The zero-order valence-electron chi connectivity index (χ0n) is 10.8. The number of nitrogens with zero attached hydrogens (tertiary/aromatic N) is 1. The minimum atomic E-state index is 0.158. The van der Waals surface area contributed by atoms with Crippen LogP contribution in [0, 0.1) is 0 Å². The van der Waals surface area contributed by atoms with Gasteiger partial charge in [0.25, 0.3) is 0 Å². The lowest BCUT2D eigenvalue weighted by molar-refractivity contribution is 0.447. The van der Waals surface area contributed by atoms with Crippen LogP contribution in [-0.4, -0.2) is 24.7 Å². The molecule has 3 heteroatoms. The molecule has 0 bridgehead atoms. The zero-order valence-corrected chi connectivity index (χ0v) is 12.4. The Kier molecular flexibility index (Phi) is 3.79. The summed E-state index contributed by atoms with van der Waals surface area (Å²) in [6.07, 6.45) is 1.19. The van der Waals surface area contributed by atoms with Gasteiger partial charge in [-0.25, -0.2) is 0 Å². The van der Waals surface area contributed by atoms with E-state index in [9.17, 15) is 0 Å². The van der Waals surface area contributed by atoms with Gasteiger partial charge in [-0.15, -0.1) is 0 Å². The number of anilines is 1. The van der Waals surface area contributed by atoms with E-state index in [1.807, 2.05) is 0 Å². The number of halogens is 1. The van der Waals surface area contributed by atoms with Gasteiger partial charge >= 0.3 is 0 Å². The molecule has 1 aromatic rings. The maximum atomic E-state index is 3.60. The quantitative estimate of drug-likeness (QED) is 0.854. The Morgan fingerprint density at radius 3 is 2.88 bits per heavy atom. The first-order chi connectivity index (χ1) is 7.99. The van der Waals surface area contributed by atoms with E-state index in [0.717, 1.165) is 17.6 Å². The van der Waals surface area contributed by atoms with Gasteiger partial charge in [0, 0.05) is 34.8 Å². The summed E-state index contributed by atoms with van der Waals surface area (Å²) in [5.74, 6) is 0. The van der Waals surface area contributed by atoms with E-state index in [1.165, 1.54) is 12.1 Å². The second-order valence-corrected chi connectivity index (χ2v) is 6.43.